The molecular weight excluding hydrogens is 515 g/mol. The molecule has 0 aromatic heterocycles. The molecule has 0 spiro atoms. The van der Waals surface area contributed by atoms with Crippen LogP contribution >= 0.6 is 11.8 Å². The van der Waals surface area contributed by atoms with Crippen molar-refractivity contribution in [3.05, 3.63) is 71.8 Å². The lowest BCUT2D eigenvalue weighted by Crippen LogP contribution is -2.51. The van der Waals surface area contributed by atoms with Crippen molar-refractivity contribution >= 4 is 29.4 Å². The van der Waals surface area contributed by atoms with Crippen LogP contribution in [0.2, 0.25) is 0 Å². The number of carbonyl (C=O) groups is 3. The summed E-state index contributed by atoms with van der Waals surface area (Å²) in [6.07, 6.45) is -3.16. The van der Waals surface area contributed by atoms with E-state index in [0.29, 0.717) is 25.4 Å². The molecule has 206 valence electrons. The Bertz CT molecular complexity index is 1050. The lowest BCUT2D eigenvalue weighted by Gasteiger charge is -2.32. The van der Waals surface area contributed by atoms with Gasteiger partial charge in [0.2, 0.25) is 17.6 Å². The number of benzene rings is 2. The monoisotopic (exact) mass is 549 g/mol. The van der Waals surface area contributed by atoms with Gasteiger partial charge in [-0.1, -0.05) is 60.7 Å². The number of Topliss-reactive ketones (excluding diaryl/α,β-unsaturated/α-hetero) is 1. The number of halogens is 3. The first kappa shape index (κ1) is 29.7. The quantitative estimate of drug-likeness (QED) is 0.360. The van der Waals surface area contributed by atoms with Crippen molar-refractivity contribution in [3.63, 3.8) is 0 Å². The van der Waals surface area contributed by atoms with Crippen molar-refractivity contribution in [2.24, 2.45) is 5.73 Å². The maximum Gasteiger partial charge on any atom is 0.450 e. The van der Waals surface area contributed by atoms with Crippen LogP contribution in [-0.4, -0.2) is 77.3 Å². The van der Waals surface area contributed by atoms with Crippen LogP contribution < -0.4 is 5.73 Å². The Hall–Kier alpha value is -2.85. The number of primary amides is 1. The zero-order valence-electron chi connectivity index (χ0n) is 21.2. The second kappa shape index (κ2) is 14.3. The van der Waals surface area contributed by atoms with E-state index in [-0.39, 0.29) is 24.5 Å². The van der Waals surface area contributed by atoms with E-state index in [0.717, 1.165) is 36.8 Å². The minimum absolute atomic E-state index is 0.117. The first-order chi connectivity index (χ1) is 18.1. The highest BCUT2D eigenvalue weighted by Crippen LogP contribution is 2.27. The number of rotatable bonds is 14. The van der Waals surface area contributed by atoms with Crippen molar-refractivity contribution in [1.82, 2.24) is 9.80 Å². The Morgan fingerprint density at radius 2 is 1.71 bits per heavy atom. The molecule has 2 aromatic carbocycles. The van der Waals surface area contributed by atoms with Crippen LogP contribution in [0.4, 0.5) is 13.2 Å². The molecule has 1 fully saturated rings. The third-order valence-corrected chi connectivity index (χ3v) is 7.78. The van der Waals surface area contributed by atoms with E-state index in [1.807, 2.05) is 48.5 Å². The summed E-state index contributed by atoms with van der Waals surface area (Å²) in [5.41, 5.74) is 7.81. The van der Waals surface area contributed by atoms with Crippen LogP contribution in [0.15, 0.2) is 60.7 Å². The number of carbonyl (C=O) groups excluding carboxylic acids is 3. The Balaban J connectivity index is 1.61. The molecule has 2 amide bonds. The van der Waals surface area contributed by atoms with Gasteiger partial charge in [0.15, 0.2) is 0 Å². The molecule has 10 heteroatoms. The van der Waals surface area contributed by atoms with Gasteiger partial charge in [0.05, 0.1) is 12.2 Å². The average Bonchev–Trinajstić information content (AvgIpc) is 3.36. The molecule has 0 radical (unpaired) electrons. The van der Waals surface area contributed by atoms with E-state index in [4.69, 9.17) is 5.73 Å². The first-order valence-electron chi connectivity index (χ1n) is 12.7. The molecule has 2 N–H and O–H groups in total. The van der Waals surface area contributed by atoms with E-state index in [1.54, 1.807) is 0 Å². The van der Waals surface area contributed by atoms with Gasteiger partial charge in [-0.2, -0.15) is 24.9 Å². The molecule has 1 saturated heterocycles. The predicted molar refractivity (Wildman–Crippen MR) is 143 cm³/mol. The summed E-state index contributed by atoms with van der Waals surface area (Å²) in [6, 6.07) is 18.6. The molecule has 2 atom stereocenters. The smallest absolute Gasteiger partial charge is 0.368 e. The van der Waals surface area contributed by atoms with Gasteiger partial charge >= 0.3 is 6.18 Å². The fourth-order valence-electron chi connectivity index (χ4n) is 4.69. The van der Waals surface area contributed by atoms with Crippen molar-refractivity contribution in [1.29, 1.82) is 0 Å². The largest absolute Gasteiger partial charge is 0.450 e. The number of likely N-dealkylation sites (tertiary alicyclic amines) is 1. The molecule has 1 aliphatic rings. The van der Waals surface area contributed by atoms with E-state index in [9.17, 15) is 27.6 Å². The van der Waals surface area contributed by atoms with Crippen molar-refractivity contribution in [2.45, 2.75) is 43.8 Å². The van der Waals surface area contributed by atoms with Crippen LogP contribution in [0.5, 0.6) is 0 Å². The molecule has 0 bridgehead atoms. The number of nitrogens with zero attached hydrogens (tertiary/aromatic N) is 2. The third kappa shape index (κ3) is 9.16. The number of hydrogen-bond donors (Lipinski definition) is 1. The van der Waals surface area contributed by atoms with Gasteiger partial charge in [-0.3, -0.25) is 14.4 Å². The zero-order chi connectivity index (χ0) is 27.5. The number of alkyl halides is 3. The van der Waals surface area contributed by atoms with E-state index >= 15 is 0 Å². The van der Waals surface area contributed by atoms with Gasteiger partial charge in [0.1, 0.15) is 6.04 Å². The normalized spacial score (nSPS) is 16.8. The second-order valence-corrected chi connectivity index (χ2v) is 10.6. The average molecular weight is 550 g/mol. The highest BCUT2D eigenvalue weighted by atomic mass is 32.2. The van der Waals surface area contributed by atoms with Crippen LogP contribution in [0.25, 0.3) is 0 Å². The molecule has 2 aromatic rings. The second-order valence-electron chi connectivity index (χ2n) is 9.48. The van der Waals surface area contributed by atoms with Crippen LogP contribution in [0.3, 0.4) is 0 Å². The maximum atomic E-state index is 13.4. The minimum Gasteiger partial charge on any atom is -0.368 e. The van der Waals surface area contributed by atoms with Gasteiger partial charge in [0.25, 0.3) is 0 Å². The Morgan fingerprint density at radius 1 is 1.05 bits per heavy atom. The van der Waals surface area contributed by atoms with Gasteiger partial charge in [-0.15, -0.1) is 0 Å². The molecule has 3 rings (SSSR count). The molecule has 0 saturated carbocycles. The molecular formula is C28H34F3N3O3S. The van der Waals surface area contributed by atoms with E-state index in [2.05, 4.69) is 17.0 Å². The minimum atomic E-state index is -4.85. The van der Waals surface area contributed by atoms with Crippen molar-refractivity contribution in [3.8, 4) is 0 Å². The summed E-state index contributed by atoms with van der Waals surface area (Å²) < 4.78 is 37.3. The maximum absolute atomic E-state index is 13.4. The Kier molecular flexibility index (Phi) is 11.2. The number of ketones is 1. The highest BCUT2D eigenvalue weighted by Gasteiger charge is 2.37. The summed E-state index contributed by atoms with van der Waals surface area (Å²) in [6.45, 7) is 2.64. The summed E-state index contributed by atoms with van der Waals surface area (Å²) >= 11 is 0.863. The van der Waals surface area contributed by atoms with E-state index in [1.165, 1.54) is 10.5 Å². The number of amides is 2. The van der Waals surface area contributed by atoms with E-state index < -0.39 is 29.7 Å². The topological polar surface area (TPSA) is 83.7 Å². The lowest BCUT2D eigenvalue weighted by atomic mass is 9.99. The van der Waals surface area contributed by atoms with Gasteiger partial charge in [-0.25, -0.2) is 0 Å². The van der Waals surface area contributed by atoms with Gasteiger partial charge < -0.3 is 15.5 Å². The van der Waals surface area contributed by atoms with Gasteiger partial charge in [-0.05, 0) is 48.6 Å². The van der Waals surface area contributed by atoms with Crippen LogP contribution in [0.1, 0.15) is 36.3 Å². The fourth-order valence-corrected chi connectivity index (χ4v) is 5.55. The van der Waals surface area contributed by atoms with Crippen LogP contribution in [-0.2, 0) is 20.8 Å². The molecule has 1 unspecified atom stereocenters. The summed E-state index contributed by atoms with van der Waals surface area (Å²) in [4.78, 5) is 40.7. The summed E-state index contributed by atoms with van der Waals surface area (Å²) in [7, 11) is 0. The first-order valence-corrected chi connectivity index (χ1v) is 13.9. The van der Waals surface area contributed by atoms with Crippen LogP contribution in [0, 0.1) is 0 Å². The molecule has 1 heterocycles. The molecule has 38 heavy (non-hydrogen) atoms. The SMILES string of the molecule is NC(=O)[C@H](CCCSCC(=O)C(F)(F)F)N(CCN1CCC(c2ccccc2)C1)C(=O)Cc1ccccc1. The number of hydrogen-bond acceptors (Lipinski definition) is 5. The molecule has 6 nitrogen and oxygen atoms in total. The summed E-state index contributed by atoms with van der Waals surface area (Å²) in [5, 5.41) is 0. The zero-order valence-corrected chi connectivity index (χ0v) is 22.1. The molecule has 0 aliphatic carbocycles. The number of thioether (sulfide) groups is 1. The molecule has 1 aliphatic heterocycles. The highest BCUT2D eigenvalue weighted by molar-refractivity contribution is 7.99. The lowest BCUT2D eigenvalue weighted by molar-refractivity contribution is -0.167. The number of nitrogens with two attached hydrogens (primary N) is 1. The van der Waals surface area contributed by atoms with Gasteiger partial charge in [0, 0.05) is 19.6 Å². The van der Waals surface area contributed by atoms with Crippen molar-refractivity contribution in [2.75, 3.05) is 37.7 Å². The predicted octanol–water partition coefficient (Wildman–Crippen LogP) is 4.05. The Labute approximate surface area is 225 Å². The third-order valence-electron chi connectivity index (χ3n) is 6.74. The Morgan fingerprint density at radius 3 is 2.34 bits per heavy atom. The standard InChI is InChI=1S/C28H34F3N3O3S/c29-28(30,31)25(35)20-38-17-7-12-24(27(32)37)34(26(36)18-21-8-3-1-4-9-21)16-15-33-14-13-23(19-33)22-10-5-2-6-11-22/h1-6,8-11,23-24H,7,12-20H2,(H2,32,37)/t23?,24-/m0/s1. The summed E-state index contributed by atoms with van der Waals surface area (Å²) in [5.74, 6) is -2.66. The fraction of sp³-hybridized carbons (Fsp3) is 0.464. The van der Waals surface area contributed by atoms with Crippen molar-refractivity contribution < 1.29 is 27.6 Å².